The summed E-state index contributed by atoms with van der Waals surface area (Å²) < 4.78 is 0. The van der Waals surface area contributed by atoms with Gasteiger partial charge in [0, 0.05) is 18.9 Å². The maximum absolute atomic E-state index is 10.9. The molecule has 0 saturated heterocycles. The molecule has 1 aromatic heterocycles. The number of anilines is 1. The monoisotopic (exact) mass is 267 g/mol. The van der Waals surface area contributed by atoms with Crippen molar-refractivity contribution in [2.75, 3.05) is 11.9 Å². The fourth-order valence-electron chi connectivity index (χ4n) is 2.73. The molecular weight excluding hydrogens is 250 g/mol. The minimum absolute atomic E-state index is 0.441. The highest BCUT2D eigenvalue weighted by Crippen LogP contribution is 2.38. The van der Waals surface area contributed by atoms with E-state index in [9.17, 15) is 4.79 Å². The van der Waals surface area contributed by atoms with Gasteiger partial charge in [-0.25, -0.2) is 0 Å². The van der Waals surface area contributed by atoms with Crippen molar-refractivity contribution in [1.82, 2.24) is 9.88 Å². The fourth-order valence-corrected chi connectivity index (χ4v) is 2.73. The number of likely N-dealkylation sites (N-methyl/N-ethyl adjacent to an activating group) is 1. The first-order valence-electron chi connectivity index (χ1n) is 6.76. The summed E-state index contributed by atoms with van der Waals surface area (Å²) >= 11 is 0. The van der Waals surface area contributed by atoms with Gasteiger partial charge in [0.15, 0.2) is 6.29 Å². The second kappa shape index (κ2) is 4.96. The third kappa shape index (κ3) is 1.93. The Bertz CT molecular complexity index is 630. The fraction of sp³-hybridized carbons (Fsp3) is 0.250. The van der Waals surface area contributed by atoms with Gasteiger partial charge in [-0.15, -0.1) is 0 Å². The Morgan fingerprint density at radius 1 is 1.45 bits per heavy atom. The molecule has 2 aliphatic rings. The lowest BCUT2D eigenvalue weighted by Gasteiger charge is -2.24. The van der Waals surface area contributed by atoms with Gasteiger partial charge in [-0.05, 0) is 37.5 Å². The molecule has 2 heterocycles. The number of rotatable bonds is 2. The van der Waals surface area contributed by atoms with E-state index >= 15 is 0 Å². The van der Waals surface area contributed by atoms with Gasteiger partial charge in [-0.1, -0.05) is 12.7 Å². The number of hydrogen-bond acceptors (Lipinski definition) is 4. The average molecular weight is 267 g/mol. The first-order chi connectivity index (χ1) is 9.72. The van der Waals surface area contributed by atoms with Gasteiger partial charge in [0.25, 0.3) is 0 Å². The summed E-state index contributed by atoms with van der Waals surface area (Å²) in [6.45, 7) is 4.17. The predicted molar refractivity (Wildman–Crippen MR) is 79.0 cm³/mol. The molecule has 0 spiro atoms. The van der Waals surface area contributed by atoms with Crippen LogP contribution in [0.5, 0.6) is 0 Å². The number of carbonyl (C=O) groups excluding carboxylic acids is 1. The highest BCUT2D eigenvalue weighted by atomic mass is 16.1. The summed E-state index contributed by atoms with van der Waals surface area (Å²) in [6, 6.07) is 3.72. The van der Waals surface area contributed by atoms with Gasteiger partial charge >= 0.3 is 0 Å². The molecule has 0 radical (unpaired) electrons. The smallest absolute Gasteiger partial charge is 0.168 e. The second-order valence-corrected chi connectivity index (χ2v) is 4.99. The Hall–Kier alpha value is -2.36. The third-order valence-corrected chi connectivity index (χ3v) is 3.78. The molecule has 4 heteroatoms. The lowest BCUT2D eigenvalue weighted by molar-refractivity contribution is 0.111. The zero-order chi connectivity index (χ0) is 14.1. The molecule has 4 nitrogen and oxygen atoms in total. The summed E-state index contributed by atoms with van der Waals surface area (Å²) in [5.41, 5.74) is 3.82. The van der Waals surface area contributed by atoms with E-state index in [1.807, 2.05) is 13.1 Å². The number of hydrogen-bond donors (Lipinski definition) is 0. The zero-order valence-corrected chi connectivity index (χ0v) is 11.5. The quantitative estimate of drug-likeness (QED) is 0.772. The maximum Gasteiger partial charge on any atom is 0.168 e. The van der Waals surface area contributed by atoms with E-state index in [0.717, 1.165) is 37.1 Å². The molecule has 0 bridgehead atoms. The van der Waals surface area contributed by atoms with Gasteiger partial charge < -0.3 is 4.90 Å². The molecule has 0 unspecified atom stereocenters. The van der Waals surface area contributed by atoms with Crippen LogP contribution in [0.3, 0.4) is 0 Å². The number of aromatic nitrogens is 1. The van der Waals surface area contributed by atoms with Crippen LogP contribution >= 0.6 is 0 Å². The number of pyridine rings is 1. The van der Waals surface area contributed by atoms with E-state index in [1.165, 1.54) is 11.4 Å². The lowest BCUT2D eigenvalue weighted by Crippen LogP contribution is -2.22. The van der Waals surface area contributed by atoms with Crippen LogP contribution in [-0.2, 0) is 0 Å². The Balaban J connectivity index is 2.08. The zero-order valence-electron chi connectivity index (χ0n) is 11.5. The van der Waals surface area contributed by atoms with Crippen LogP contribution in [-0.4, -0.2) is 23.2 Å². The van der Waals surface area contributed by atoms with Crippen LogP contribution in [0.15, 0.2) is 54.3 Å². The van der Waals surface area contributed by atoms with Crippen molar-refractivity contribution in [3.63, 3.8) is 0 Å². The third-order valence-electron chi connectivity index (χ3n) is 3.78. The van der Waals surface area contributed by atoms with Crippen molar-refractivity contribution in [2.24, 2.45) is 0 Å². The van der Waals surface area contributed by atoms with E-state index in [1.54, 1.807) is 12.3 Å². The van der Waals surface area contributed by atoms with Crippen molar-refractivity contribution < 1.29 is 4.79 Å². The molecule has 3 rings (SSSR count). The van der Waals surface area contributed by atoms with E-state index in [-0.39, 0.29) is 0 Å². The largest absolute Gasteiger partial charge is 0.330 e. The van der Waals surface area contributed by atoms with Crippen molar-refractivity contribution in [3.05, 3.63) is 60.0 Å². The van der Waals surface area contributed by atoms with Gasteiger partial charge in [0.05, 0.1) is 11.4 Å². The molecule has 1 aliphatic heterocycles. The highest BCUT2D eigenvalue weighted by Gasteiger charge is 2.30. The van der Waals surface area contributed by atoms with Crippen molar-refractivity contribution in [1.29, 1.82) is 0 Å². The molecule has 0 fully saturated rings. The van der Waals surface area contributed by atoms with Crippen molar-refractivity contribution >= 4 is 12.0 Å². The molecule has 0 amide bonds. The Kier molecular flexibility index (Phi) is 3.14. The molecular formula is C16H17N3O. The Morgan fingerprint density at radius 3 is 3.10 bits per heavy atom. The summed E-state index contributed by atoms with van der Waals surface area (Å²) in [7, 11) is 2.02. The number of aldehydes is 1. The molecule has 20 heavy (non-hydrogen) atoms. The summed E-state index contributed by atoms with van der Waals surface area (Å²) in [5.74, 6) is 0.907. The summed E-state index contributed by atoms with van der Waals surface area (Å²) in [4.78, 5) is 19.2. The van der Waals surface area contributed by atoms with E-state index in [2.05, 4.69) is 33.5 Å². The topological polar surface area (TPSA) is 36.4 Å². The SMILES string of the molecule is C=C1N(C)C2=C(CCCC=C2)N1c1ccnc(C=O)c1. The number of allylic oxidation sites excluding steroid dienone is 3. The molecule has 102 valence electrons. The van der Waals surface area contributed by atoms with Gasteiger partial charge in [0.1, 0.15) is 11.5 Å². The summed E-state index contributed by atoms with van der Waals surface area (Å²) in [6.07, 6.45) is 10.0. The second-order valence-electron chi connectivity index (χ2n) is 4.99. The minimum Gasteiger partial charge on any atom is -0.330 e. The molecule has 0 atom stereocenters. The maximum atomic E-state index is 10.9. The van der Waals surface area contributed by atoms with Crippen LogP contribution in [0.4, 0.5) is 5.69 Å². The van der Waals surface area contributed by atoms with Crippen molar-refractivity contribution in [3.8, 4) is 0 Å². The van der Waals surface area contributed by atoms with Gasteiger partial charge in [0.2, 0.25) is 0 Å². The standard InChI is InChI=1S/C16H17N3O/c1-12-18(2)15-6-4-3-5-7-16(15)19(12)14-8-9-17-13(10-14)11-20/h4,6,8-11H,1,3,5,7H2,2H3. The predicted octanol–water partition coefficient (Wildman–Crippen LogP) is 3.07. The van der Waals surface area contributed by atoms with Crippen LogP contribution in [0, 0.1) is 0 Å². The van der Waals surface area contributed by atoms with Crippen LogP contribution in [0.25, 0.3) is 0 Å². The summed E-state index contributed by atoms with van der Waals surface area (Å²) in [5, 5.41) is 0. The van der Waals surface area contributed by atoms with Gasteiger partial charge in [-0.2, -0.15) is 0 Å². The Labute approximate surface area is 118 Å². The highest BCUT2D eigenvalue weighted by molar-refractivity contribution is 5.75. The number of carbonyl (C=O) groups is 1. The van der Waals surface area contributed by atoms with Crippen LogP contribution in [0.2, 0.25) is 0 Å². The molecule has 0 aromatic carbocycles. The normalized spacial score (nSPS) is 18.4. The van der Waals surface area contributed by atoms with Crippen LogP contribution < -0.4 is 4.90 Å². The Morgan fingerprint density at radius 2 is 2.30 bits per heavy atom. The number of nitrogens with zero attached hydrogens (tertiary/aromatic N) is 3. The van der Waals surface area contributed by atoms with E-state index in [0.29, 0.717) is 5.69 Å². The molecule has 1 aliphatic carbocycles. The van der Waals surface area contributed by atoms with E-state index in [4.69, 9.17) is 0 Å². The molecule has 0 saturated carbocycles. The average Bonchev–Trinajstić information content (AvgIpc) is 2.65. The van der Waals surface area contributed by atoms with Gasteiger partial charge in [-0.3, -0.25) is 14.7 Å². The van der Waals surface area contributed by atoms with E-state index < -0.39 is 0 Å². The first-order valence-corrected chi connectivity index (χ1v) is 6.76. The van der Waals surface area contributed by atoms with Crippen molar-refractivity contribution in [2.45, 2.75) is 19.3 Å². The minimum atomic E-state index is 0.441. The van der Waals surface area contributed by atoms with Crippen LogP contribution in [0.1, 0.15) is 29.8 Å². The lowest BCUT2D eigenvalue weighted by atomic mass is 10.2. The first kappa shape index (κ1) is 12.7. The molecule has 0 N–H and O–H groups in total. The molecule has 1 aromatic rings.